The van der Waals surface area contributed by atoms with Crippen LogP contribution in [-0.4, -0.2) is 51.2 Å². The minimum atomic E-state index is -4.64. The molecule has 0 spiro atoms. The summed E-state index contributed by atoms with van der Waals surface area (Å²) in [6.45, 7) is 1.65. The van der Waals surface area contributed by atoms with Gasteiger partial charge in [-0.15, -0.1) is 0 Å². The van der Waals surface area contributed by atoms with Gasteiger partial charge in [-0.05, 0) is 0 Å². The van der Waals surface area contributed by atoms with E-state index in [1.54, 1.807) is 7.11 Å². The summed E-state index contributed by atoms with van der Waals surface area (Å²) in [6.07, 6.45) is 0. The van der Waals surface area contributed by atoms with Crippen LogP contribution in [0.3, 0.4) is 0 Å². The van der Waals surface area contributed by atoms with Gasteiger partial charge in [0, 0.05) is 14.0 Å². The van der Waals surface area contributed by atoms with Gasteiger partial charge in [-0.1, -0.05) is 0 Å². The number of carbonyl (C=O) groups is 1. The smallest absolute Gasteiger partial charge is 0.466 e. The van der Waals surface area contributed by atoms with Crippen molar-refractivity contribution in [3.05, 3.63) is 0 Å². The Labute approximate surface area is 81.0 Å². The SMILES string of the molecule is CC(=O)O.COCCO.O=P(O)(O)O. The van der Waals surface area contributed by atoms with Gasteiger partial charge in [0.05, 0.1) is 13.2 Å². The molecule has 0 saturated carbocycles. The lowest BCUT2D eigenvalue weighted by atomic mass is 10.8. The van der Waals surface area contributed by atoms with E-state index in [0.717, 1.165) is 6.92 Å². The molecule has 0 bridgehead atoms. The lowest BCUT2D eigenvalue weighted by molar-refractivity contribution is -0.134. The quantitative estimate of drug-likeness (QED) is 0.374. The monoisotopic (exact) mass is 234 g/mol. The number of hydrogen-bond acceptors (Lipinski definition) is 4. The Hall–Kier alpha value is -0.500. The molecule has 0 fully saturated rings. The molecule has 0 aliphatic heterocycles. The highest BCUT2D eigenvalue weighted by Crippen LogP contribution is 2.25. The van der Waals surface area contributed by atoms with E-state index >= 15 is 0 Å². The van der Waals surface area contributed by atoms with Gasteiger partial charge in [-0.2, -0.15) is 0 Å². The molecule has 0 aromatic heterocycles. The van der Waals surface area contributed by atoms with Crippen molar-refractivity contribution in [2.45, 2.75) is 6.92 Å². The highest BCUT2D eigenvalue weighted by molar-refractivity contribution is 7.45. The molecular weight excluding hydrogens is 219 g/mol. The van der Waals surface area contributed by atoms with E-state index in [9.17, 15) is 0 Å². The first kappa shape index (κ1) is 19.1. The van der Waals surface area contributed by atoms with Crippen LogP contribution in [0.25, 0.3) is 0 Å². The standard InChI is InChI=1S/C3H8O2.C2H4O2.H3O4P/c1-5-3-2-4;1-2(3)4;1-5(2,3)4/h4H,2-3H2,1H3;1H3,(H,3,4);(H3,1,2,3,4). The second-order valence-corrected chi connectivity index (χ2v) is 2.78. The number of aliphatic hydroxyl groups is 1. The van der Waals surface area contributed by atoms with Crippen LogP contribution in [-0.2, 0) is 14.1 Å². The van der Waals surface area contributed by atoms with Crippen molar-refractivity contribution in [1.29, 1.82) is 0 Å². The Morgan fingerprint density at radius 3 is 1.57 bits per heavy atom. The van der Waals surface area contributed by atoms with E-state index in [4.69, 9.17) is 34.3 Å². The van der Waals surface area contributed by atoms with Gasteiger partial charge in [-0.3, -0.25) is 4.79 Å². The van der Waals surface area contributed by atoms with Gasteiger partial charge in [-0.25, -0.2) is 4.57 Å². The Bertz CT molecular complexity index is 149. The molecule has 88 valence electrons. The predicted molar refractivity (Wildman–Crippen MR) is 46.5 cm³/mol. The number of ether oxygens (including phenoxy) is 1. The van der Waals surface area contributed by atoms with Gasteiger partial charge < -0.3 is 29.6 Å². The van der Waals surface area contributed by atoms with E-state index in [0.29, 0.717) is 6.61 Å². The zero-order chi connectivity index (χ0) is 12.2. The molecule has 0 aliphatic carbocycles. The third kappa shape index (κ3) is 564. The van der Waals surface area contributed by atoms with Crippen LogP contribution < -0.4 is 0 Å². The molecular formula is C5H15O8P. The van der Waals surface area contributed by atoms with Crippen molar-refractivity contribution in [3.63, 3.8) is 0 Å². The molecule has 0 heterocycles. The molecule has 0 radical (unpaired) electrons. The first-order valence-corrected chi connectivity index (χ1v) is 4.79. The Morgan fingerprint density at radius 2 is 1.57 bits per heavy atom. The highest BCUT2D eigenvalue weighted by atomic mass is 31.2. The minimum absolute atomic E-state index is 0.122. The summed E-state index contributed by atoms with van der Waals surface area (Å²) in [7, 11) is -3.09. The van der Waals surface area contributed by atoms with Gasteiger partial charge in [0.15, 0.2) is 0 Å². The molecule has 5 N–H and O–H groups in total. The fourth-order valence-electron chi connectivity index (χ4n) is 0.0913. The first-order valence-electron chi connectivity index (χ1n) is 3.22. The number of methoxy groups -OCH3 is 1. The van der Waals surface area contributed by atoms with Crippen LogP contribution in [0, 0.1) is 0 Å². The van der Waals surface area contributed by atoms with Crippen LogP contribution >= 0.6 is 7.82 Å². The molecule has 0 rings (SSSR count). The number of rotatable bonds is 2. The van der Waals surface area contributed by atoms with Crippen molar-refractivity contribution >= 4 is 13.8 Å². The van der Waals surface area contributed by atoms with Crippen LogP contribution in [0.2, 0.25) is 0 Å². The van der Waals surface area contributed by atoms with Gasteiger partial charge >= 0.3 is 7.82 Å². The van der Waals surface area contributed by atoms with Crippen molar-refractivity contribution in [1.82, 2.24) is 0 Å². The topological polar surface area (TPSA) is 145 Å². The Morgan fingerprint density at radius 1 is 1.36 bits per heavy atom. The lowest BCUT2D eigenvalue weighted by Crippen LogP contribution is -1.91. The van der Waals surface area contributed by atoms with Gasteiger partial charge in [0.2, 0.25) is 0 Å². The van der Waals surface area contributed by atoms with Crippen LogP contribution in [0.4, 0.5) is 0 Å². The third-order valence-corrected chi connectivity index (χ3v) is 0.295. The van der Waals surface area contributed by atoms with Crippen molar-refractivity contribution < 1.29 is 39.0 Å². The number of aliphatic hydroxyl groups excluding tert-OH is 1. The molecule has 8 nitrogen and oxygen atoms in total. The van der Waals surface area contributed by atoms with Crippen molar-refractivity contribution in [2.24, 2.45) is 0 Å². The zero-order valence-electron chi connectivity index (χ0n) is 7.82. The Balaban J connectivity index is -0.000000131. The molecule has 0 unspecified atom stereocenters. The van der Waals surface area contributed by atoms with E-state index < -0.39 is 13.8 Å². The van der Waals surface area contributed by atoms with Crippen LogP contribution in [0.5, 0.6) is 0 Å². The number of carboxylic acid groups (broad SMARTS) is 1. The fraction of sp³-hybridized carbons (Fsp3) is 0.800. The second-order valence-electron chi connectivity index (χ2n) is 1.75. The van der Waals surface area contributed by atoms with Crippen LogP contribution in [0.1, 0.15) is 6.92 Å². The molecule has 0 saturated heterocycles. The fourth-order valence-corrected chi connectivity index (χ4v) is 0.0913. The molecule has 0 aromatic rings. The summed E-state index contributed by atoms with van der Waals surface area (Å²) in [4.78, 5) is 30.6. The second kappa shape index (κ2) is 12.5. The van der Waals surface area contributed by atoms with Crippen LogP contribution in [0.15, 0.2) is 0 Å². The normalized spacial score (nSPS) is 9.00. The Kier molecular flexibility index (Phi) is 17.1. The average Bonchev–Trinajstić information content (AvgIpc) is 1.83. The largest absolute Gasteiger partial charge is 0.481 e. The van der Waals surface area contributed by atoms with E-state index in [1.165, 1.54) is 0 Å². The maximum absolute atomic E-state index is 9.00. The molecule has 0 aliphatic rings. The number of hydrogen-bond donors (Lipinski definition) is 5. The summed E-state index contributed by atoms with van der Waals surface area (Å²) >= 11 is 0. The van der Waals surface area contributed by atoms with E-state index in [1.807, 2.05) is 0 Å². The predicted octanol–water partition coefficient (Wildman–Crippen LogP) is -1.21. The third-order valence-electron chi connectivity index (χ3n) is 0.295. The molecule has 14 heavy (non-hydrogen) atoms. The van der Waals surface area contributed by atoms with Gasteiger partial charge in [0.25, 0.3) is 5.97 Å². The summed E-state index contributed by atoms with van der Waals surface area (Å²) in [5, 5.41) is 15.4. The maximum atomic E-state index is 9.00. The molecule has 0 aromatic carbocycles. The summed E-state index contributed by atoms with van der Waals surface area (Å²) in [5.41, 5.74) is 0. The molecule has 9 heteroatoms. The summed E-state index contributed by atoms with van der Waals surface area (Å²) in [6, 6.07) is 0. The number of phosphoric acid groups is 1. The van der Waals surface area contributed by atoms with Crippen molar-refractivity contribution in [2.75, 3.05) is 20.3 Å². The van der Waals surface area contributed by atoms with Gasteiger partial charge in [0.1, 0.15) is 0 Å². The number of carboxylic acids is 1. The maximum Gasteiger partial charge on any atom is 0.466 e. The molecule has 0 amide bonds. The van der Waals surface area contributed by atoms with E-state index in [-0.39, 0.29) is 6.61 Å². The summed E-state index contributed by atoms with van der Waals surface area (Å²) in [5.74, 6) is -0.833. The number of aliphatic carboxylic acids is 1. The zero-order valence-corrected chi connectivity index (χ0v) is 8.72. The summed E-state index contributed by atoms with van der Waals surface area (Å²) < 4.78 is 13.3. The molecule has 0 atom stereocenters. The van der Waals surface area contributed by atoms with Crippen molar-refractivity contribution in [3.8, 4) is 0 Å². The highest BCUT2D eigenvalue weighted by Gasteiger charge is 2.00. The first-order chi connectivity index (χ1) is 6.15. The van der Waals surface area contributed by atoms with E-state index in [2.05, 4.69) is 4.74 Å². The lowest BCUT2D eigenvalue weighted by Gasteiger charge is -1.84. The average molecular weight is 234 g/mol. The minimum Gasteiger partial charge on any atom is -0.481 e.